The molecule has 0 radical (unpaired) electrons. The number of guanidine groups is 1. The molecule has 6 aromatic rings. The van der Waals surface area contributed by atoms with Crippen LogP contribution < -0.4 is 76.5 Å². The Kier molecular flexibility index (Phi) is 27.9. The van der Waals surface area contributed by atoms with Gasteiger partial charge in [-0.15, -0.1) is 5.10 Å². The molecule has 0 aliphatic heterocycles. The first-order chi connectivity index (χ1) is 46.2. The number of phenolic OH excluding ortho intramolecular Hbond substituents is 2. The molecule has 4 aromatic carbocycles. The Morgan fingerprint density at radius 1 is 0.546 bits per heavy atom. The second-order valence-electron chi connectivity index (χ2n) is 23.5. The summed E-state index contributed by atoms with van der Waals surface area (Å²) in [5.74, 6) is -11.1. The minimum atomic E-state index is -1.89. The third-order valence-electron chi connectivity index (χ3n) is 15.2. The smallest absolute Gasteiger partial charge is 0.245 e. The average molecular weight is 1340 g/mol. The molecule has 0 saturated carbocycles. The quantitative estimate of drug-likeness (QED) is 0.0102. The van der Waals surface area contributed by atoms with Crippen LogP contribution in [-0.4, -0.2) is 168 Å². The number of amides is 11. The number of hydrogen-bond donors (Lipinski definition) is 19. The Bertz CT molecular complexity index is 3730. The maximum absolute atomic E-state index is 14.5. The van der Waals surface area contributed by atoms with E-state index in [9.17, 15) is 68.1 Å². The molecule has 11 amide bonds. The van der Waals surface area contributed by atoms with E-state index in [0.29, 0.717) is 33.2 Å². The number of aliphatic hydroxyl groups is 1. The minimum absolute atomic E-state index is 0.0134. The Morgan fingerprint density at radius 3 is 1.61 bits per heavy atom. The van der Waals surface area contributed by atoms with E-state index in [1.807, 2.05) is 13.8 Å². The van der Waals surface area contributed by atoms with Gasteiger partial charge in [-0.05, 0) is 84.2 Å². The number of para-hydroxylation sites is 1. The van der Waals surface area contributed by atoms with Crippen molar-refractivity contribution in [2.75, 3.05) is 13.2 Å². The van der Waals surface area contributed by atoms with Gasteiger partial charge in [0.15, 0.2) is 5.96 Å². The molecule has 0 aliphatic rings. The molecule has 0 saturated heterocycles. The fourth-order valence-electron chi connectivity index (χ4n) is 10.2. The normalized spacial score (nSPS) is 13.9. The number of rotatable bonds is 38. The predicted molar refractivity (Wildman–Crippen MR) is 351 cm³/mol. The number of aliphatic hydroxyl groups excluding tert-OH is 1. The van der Waals surface area contributed by atoms with Crippen molar-refractivity contribution in [1.82, 2.24) is 67.8 Å². The lowest BCUT2D eigenvalue weighted by Crippen LogP contribution is -2.61. The molecule has 2 heterocycles. The van der Waals surface area contributed by atoms with Gasteiger partial charge in [0.05, 0.1) is 38.2 Å². The molecular formula is C64H83N19O14. The summed E-state index contributed by atoms with van der Waals surface area (Å²) in [7, 11) is 0. The van der Waals surface area contributed by atoms with Gasteiger partial charge in [-0.25, -0.2) is 4.68 Å². The van der Waals surface area contributed by atoms with E-state index in [0.717, 1.165) is 0 Å². The predicted octanol–water partition coefficient (Wildman–Crippen LogP) is -3.44. The second-order valence-corrected chi connectivity index (χ2v) is 23.5. The molecule has 97 heavy (non-hydrogen) atoms. The highest BCUT2D eigenvalue weighted by molar-refractivity contribution is 6.00. The van der Waals surface area contributed by atoms with Crippen molar-refractivity contribution in [2.45, 2.75) is 133 Å². The van der Waals surface area contributed by atoms with Crippen LogP contribution in [0, 0.1) is 11.3 Å². The number of primary amides is 3. The van der Waals surface area contributed by atoms with Gasteiger partial charge < -0.3 is 96.8 Å². The number of carbonyl (C=O) groups is 11. The third-order valence-corrected chi connectivity index (χ3v) is 15.2. The van der Waals surface area contributed by atoms with E-state index in [1.165, 1.54) is 47.3 Å². The molecule has 33 nitrogen and oxygen atoms in total. The van der Waals surface area contributed by atoms with Gasteiger partial charge in [0.25, 0.3) is 0 Å². The Labute approximate surface area is 556 Å². The van der Waals surface area contributed by atoms with Crippen LogP contribution >= 0.6 is 0 Å². The largest absolute Gasteiger partial charge is 0.508 e. The molecule has 24 N–H and O–H groups in total. The van der Waals surface area contributed by atoms with Gasteiger partial charge in [0.2, 0.25) is 65.0 Å². The van der Waals surface area contributed by atoms with Crippen LogP contribution in [-0.2, 0) is 85.0 Å². The van der Waals surface area contributed by atoms with Gasteiger partial charge >= 0.3 is 0 Å². The number of aromatic nitrogens is 4. The molecule has 518 valence electrons. The maximum Gasteiger partial charge on any atom is 0.245 e. The van der Waals surface area contributed by atoms with E-state index in [-0.39, 0.29) is 87.1 Å². The molecule has 9 atom stereocenters. The van der Waals surface area contributed by atoms with Crippen molar-refractivity contribution in [3.05, 3.63) is 143 Å². The molecular weight excluding hydrogens is 1260 g/mol. The lowest BCUT2D eigenvalue weighted by Gasteiger charge is -2.26. The fourth-order valence-corrected chi connectivity index (χ4v) is 10.2. The Balaban J connectivity index is 1.16. The lowest BCUT2D eigenvalue weighted by atomic mass is 10.0. The summed E-state index contributed by atoms with van der Waals surface area (Å²) in [5, 5.41) is 69.3. The topological polar surface area (TPSA) is 557 Å². The third kappa shape index (κ3) is 23.8. The average Bonchev–Trinajstić information content (AvgIpc) is 1.76. The van der Waals surface area contributed by atoms with Gasteiger partial charge in [-0.3, -0.25) is 58.1 Å². The summed E-state index contributed by atoms with van der Waals surface area (Å²) in [4.78, 5) is 153. The van der Waals surface area contributed by atoms with Crippen LogP contribution in [0.4, 0.5) is 0 Å². The molecule has 0 aliphatic carbocycles. The fraction of sp³-hybridized carbons (Fsp3) is 0.375. The second kappa shape index (κ2) is 36.3. The molecule has 0 spiro atoms. The van der Waals surface area contributed by atoms with Crippen molar-refractivity contribution < 1.29 is 68.1 Å². The monoisotopic (exact) mass is 1340 g/mol. The number of hydrogen-bond acceptors (Lipinski definition) is 18. The Hall–Kier alpha value is -11.5. The van der Waals surface area contributed by atoms with Crippen molar-refractivity contribution in [2.24, 2.45) is 34.6 Å². The van der Waals surface area contributed by atoms with E-state index in [1.54, 1.807) is 72.9 Å². The van der Waals surface area contributed by atoms with Crippen molar-refractivity contribution >= 4 is 81.8 Å². The van der Waals surface area contributed by atoms with E-state index in [2.05, 4.69) is 63.1 Å². The van der Waals surface area contributed by atoms with Gasteiger partial charge in [0, 0.05) is 42.9 Å². The van der Waals surface area contributed by atoms with Crippen LogP contribution in [0.5, 0.6) is 11.5 Å². The number of aromatic hydroxyl groups is 2. The van der Waals surface area contributed by atoms with E-state index >= 15 is 0 Å². The lowest BCUT2D eigenvalue weighted by molar-refractivity contribution is -0.136. The van der Waals surface area contributed by atoms with Gasteiger partial charge in [0.1, 0.15) is 65.5 Å². The molecule has 0 unspecified atom stereocenters. The highest BCUT2D eigenvalue weighted by Crippen LogP contribution is 2.22. The maximum atomic E-state index is 14.5. The van der Waals surface area contributed by atoms with Crippen molar-refractivity contribution in [3.63, 3.8) is 0 Å². The number of phenols is 2. The molecule has 0 fully saturated rings. The van der Waals surface area contributed by atoms with Crippen LogP contribution in [0.3, 0.4) is 0 Å². The number of benzene rings is 4. The van der Waals surface area contributed by atoms with E-state index in [4.69, 9.17) is 34.1 Å². The van der Waals surface area contributed by atoms with E-state index < -0.39 is 139 Å². The van der Waals surface area contributed by atoms with Crippen molar-refractivity contribution in [1.29, 1.82) is 5.41 Å². The summed E-state index contributed by atoms with van der Waals surface area (Å²) in [6.45, 7) is 2.42. The first-order valence-electron chi connectivity index (χ1n) is 30.9. The molecule has 0 bridgehead atoms. The number of H-pyrrole nitrogens is 1. The standard InChI is InChI=1S/C64H83N19O14/c1-34(2)23-52(63(97)74-45(13-8-22-71-64(69)70)58(92)75-46(55(68)89)25-37-16-20-41(86)21-17-37)83-32-39(81-82-83)31-73-57(91)47(26-35-9-4-3-5-10-35)77-62(96)51(33-84)80-61(95)50(29-54(67)88)79-59(93)48(27-38-30-72-44-12-7-6-11-42(38)44)78-60(94)49(28-53(66)87)76-56(90)43(65)24-36-14-18-40(85)19-15-36/h3-7,9-12,14-21,30,32,34,43,45-52,72,84-86H,8,13,22-29,31,33,65H2,1-2H3,(H2,66,87)(H2,67,88)(H2,68,89)(H,73,91)(H,74,97)(H,75,92)(H,76,90)(H,77,96)(H,78,94)(H,79,93)(H,80,95)(H4,69,70,71)/t43-,45-,46-,47-,48-,49-,50-,51-,52-/m0/s1. The van der Waals surface area contributed by atoms with Crippen LogP contribution in [0.2, 0.25) is 0 Å². The number of aromatic amines is 1. The summed E-state index contributed by atoms with van der Waals surface area (Å²) in [6.07, 6.45) is 1.18. The first kappa shape index (κ1) is 74.6. The highest BCUT2D eigenvalue weighted by atomic mass is 16.3. The number of fused-ring (bicyclic) bond motifs is 1. The number of nitrogens with zero attached hydrogens (tertiary/aromatic N) is 3. The number of carbonyl (C=O) groups excluding carboxylic acids is 11. The SMILES string of the molecule is CC(C)C[C@@H](C(=O)N[C@@H](CCCNC(=N)N)C(=O)N[C@@H](Cc1ccc(O)cc1)C(N)=O)n1cc(CNC(=O)[C@H](Cc2ccccc2)NC(=O)[C@H](CO)NC(=O)[C@H](CC(N)=O)NC(=O)[C@H](Cc2c[nH]c3ccccc23)NC(=O)[C@H](CC(N)=O)NC(=O)[C@@H](N)Cc2ccc(O)cc2)nn1. The number of nitrogens with one attached hydrogen (secondary N) is 11. The summed E-state index contributed by atoms with van der Waals surface area (Å²) in [6, 6.07) is 13.8. The van der Waals surface area contributed by atoms with Gasteiger partial charge in [-0.1, -0.05) is 91.9 Å². The van der Waals surface area contributed by atoms with Crippen molar-refractivity contribution in [3.8, 4) is 11.5 Å². The molecule has 2 aromatic heterocycles. The summed E-state index contributed by atoms with van der Waals surface area (Å²) >= 11 is 0. The zero-order valence-electron chi connectivity index (χ0n) is 53.3. The summed E-state index contributed by atoms with van der Waals surface area (Å²) < 4.78 is 1.25. The molecule has 6 rings (SSSR count). The Morgan fingerprint density at radius 2 is 1.03 bits per heavy atom. The highest BCUT2D eigenvalue weighted by Gasteiger charge is 2.36. The first-order valence-corrected chi connectivity index (χ1v) is 30.9. The number of nitrogens with two attached hydrogens (primary N) is 5. The zero-order chi connectivity index (χ0) is 70.9. The van der Waals surface area contributed by atoms with Gasteiger partial charge in [-0.2, -0.15) is 0 Å². The molecule has 33 heteroatoms. The van der Waals surface area contributed by atoms with Crippen LogP contribution in [0.1, 0.15) is 79.9 Å². The van der Waals surface area contributed by atoms with Crippen LogP contribution in [0.25, 0.3) is 10.9 Å². The van der Waals surface area contributed by atoms with Crippen LogP contribution in [0.15, 0.2) is 116 Å². The zero-order valence-corrected chi connectivity index (χ0v) is 53.3. The minimum Gasteiger partial charge on any atom is -0.508 e. The summed E-state index contributed by atoms with van der Waals surface area (Å²) in [5.41, 5.74) is 31.3.